The lowest BCUT2D eigenvalue weighted by atomic mass is 10.0. The number of ketones is 2. The Hall–Kier alpha value is -1.73. The molecule has 0 heterocycles. The van der Waals surface area contributed by atoms with Crippen LogP contribution >= 0.6 is 0 Å². The number of hydrogen-bond acceptors (Lipinski definition) is 3. The molecule has 0 aromatic rings. The molecule has 0 atom stereocenters. The average Bonchev–Trinajstić information content (AvgIpc) is 2.16. The van der Waals surface area contributed by atoms with Gasteiger partial charge in [0.05, 0.1) is 6.42 Å². The molecule has 0 aliphatic carbocycles. The molecular weight excluding hydrogens is 248 g/mol. The summed E-state index contributed by atoms with van der Waals surface area (Å²) in [6.45, 7) is 4.14. The zero-order chi connectivity index (χ0) is 14.0. The maximum atomic E-state index is 12.8. The van der Waals surface area contributed by atoms with Crippen LogP contribution in [0.2, 0.25) is 0 Å². The van der Waals surface area contributed by atoms with Gasteiger partial charge >= 0.3 is 17.8 Å². The minimum absolute atomic E-state index is 0.271. The van der Waals surface area contributed by atoms with Crippen molar-refractivity contribution in [1.82, 2.24) is 0 Å². The number of carboxylic acids is 1. The van der Waals surface area contributed by atoms with Crippen LogP contribution in [0.1, 0.15) is 13.3 Å². The van der Waals surface area contributed by atoms with Gasteiger partial charge in [0, 0.05) is 0 Å². The Morgan fingerprint density at radius 1 is 1.12 bits per heavy atom. The maximum Gasteiger partial charge on any atom is 0.411 e. The van der Waals surface area contributed by atoms with Crippen molar-refractivity contribution in [3.8, 4) is 0 Å². The highest BCUT2D eigenvalue weighted by molar-refractivity contribution is 6.10. The third-order valence-electron chi connectivity index (χ3n) is 1.81. The lowest BCUT2D eigenvalue weighted by Crippen LogP contribution is -2.52. The summed E-state index contributed by atoms with van der Waals surface area (Å²) in [6, 6.07) is 0. The lowest BCUT2D eigenvalue weighted by molar-refractivity contribution is -0.221. The van der Waals surface area contributed by atoms with Crippen LogP contribution in [0.25, 0.3) is 0 Å². The topological polar surface area (TPSA) is 71.4 Å². The normalized spacial score (nSPS) is 12.1. The van der Waals surface area contributed by atoms with Gasteiger partial charge in [-0.2, -0.15) is 17.6 Å². The fraction of sp³-hybridized carbons (Fsp3) is 0.444. The SMILES string of the molecule is C=C(C)C(=O)CC(=O)C(F)(F)C(F)(F)C(=O)O. The number of carbonyl (C=O) groups excluding carboxylic acids is 2. The van der Waals surface area contributed by atoms with E-state index in [0.717, 1.165) is 6.92 Å². The quantitative estimate of drug-likeness (QED) is 0.443. The summed E-state index contributed by atoms with van der Waals surface area (Å²) in [5.41, 5.74) is -0.271. The maximum absolute atomic E-state index is 12.8. The van der Waals surface area contributed by atoms with Crippen molar-refractivity contribution in [3.05, 3.63) is 12.2 Å². The molecule has 0 aliphatic heterocycles. The van der Waals surface area contributed by atoms with E-state index in [9.17, 15) is 31.9 Å². The van der Waals surface area contributed by atoms with Gasteiger partial charge < -0.3 is 5.11 Å². The number of carbonyl (C=O) groups is 3. The molecule has 0 rings (SSSR count). The Labute approximate surface area is 92.9 Å². The number of alkyl halides is 4. The van der Waals surface area contributed by atoms with Crippen molar-refractivity contribution in [2.45, 2.75) is 25.2 Å². The number of allylic oxidation sites excluding steroid dienone is 1. The van der Waals surface area contributed by atoms with Gasteiger partial charge in [0.1, 0.15) is 0 Å². The zero-order valence-corrected chi connectivity index (χ0v) is 8.60. The molecule has 0 aromatic heterocycles. The zero-order valence-electron chi connectivity index (χ0n) is 8.60. The lowest BCUT2D eigenvalue weighted by Gasteiger charge is -2.21. The summed E-state index contributed by atoms with van der Waals surface area (Å²) in [7, 11) is 0. The molecule has 96 valence electrons. The van der Waals surface area contributed by atoms with Gasteiger partial charge in [-0.05, 0) is 12.5 Å². The van der Waals surface area contributed by atoms with Crippen LogP contribution in [0.4, 0.5) is 17.6 Å². The summed E-state index contributed by atoms with van der Waals surface area (Å²) >= 11 is 0. The Bertz CT molecular complexity index is 386. The summed E-state index contributed by atoms with van der Waals surface area (Å²) < 4.78 is 50.7. The minimum atomic E-state index is -5.56. The molecule has 1 N–H and O–H groups in total. The third kappa shape index (κ3) is 2.89. The van der Waals surface area contributed by atoms with E-state index in [1.165, 1.54) is 0 Å². The molecule has 0 saturated carbocycles. The van der Waals surface area contributed by atoms with Gasteiger partial charge in [-0.25, -0.2) is 4.79 Å². The van der Waals surface area contributed by atoms with Crippen molar-refractivity contribution in [1.29, 1.82) is 0 Å². The second kappa shape index (κ2) is 4.64. The molecule has 0 unspecified atom stereocenters. The molecule has 8 heteroatoms. The molecule has 0 bridgehead atoms. The highest BCUT2D eigenvalue weighted by Gasteiger charge is 2.66. The van der Waals surface area contributed by atoms with Crippen molar-refractivity contribution < 1.29 is 37.1 Å². The van der Waals surface area contributed by atoms with E-state index in [4.69, 9.17) is 5.11 Å². The Kier molecular flexibility index (Phi) is 4.17. The standard InChI is InChI=1S/C9H8F4O4/c1-4(2)5(14)3-6(15)8(10,11)9(12,13)7(16)17/h1,3H2,2H3,(H,16,17). The number of halogens is 4. The van der Waals surface area contributed by atoms with Crippen molar-refractivity contribution in [2.24, 2.45) is 0 Å². The minimum Gasteiger partial charge on any atom is -0.477 e. The fourth-order valence-corrected chi connectivity index (χ4v) is 0.717. The van der Waals surface area contributed by atoms with E-state index >= 15 is 0 Å². The molecule has 0 aromatic carbocycles. The van der Waals surface area contributed by atoms with Crippen LogP contribution in [-0.4, -0.2) is 34.5 Å². The molecule has 0 fully saturated rings. The van der Waals surface area contributed by atoms with Crippen LogP contribution in [0, 0.1) is 0 Å². The van der Waals surface area contributed by atoms with Gasteiger partial charge in [0.2, 0.25) is 5.78 Å². The Morgan fingerprint density at radius 2 is 1.53 bits per heavy atom. The predicted molar refractivity (Wildman–Crippen MR) is 47.0 cm³/mol. The highest BCUT2D eigenvalue weighted by Crippen LogP contribution is 2.36. The number of rotatable bonds is 6. The van der Waals surface area contributed by atoms with Crippen molar-refractivity contribution >= 4 is 17.5 Å². The second-order valence-electron chi connectivity index (χ2n) is 3.26. The van der Waals surface area contributed by atoms with E-state index in [1.54, 1.807) is 0 Å². The van der Waals surface area contributed by atoms with Crippen LogP contribution in [0.3, 0.4) is 0 Å². The van der Waals surface area contributed by atoms with Crippen molar-refractivity contribution in [2.75, 3.05) is 0 Å². The van der Waals surface area contributed by atoms with Crippen molar-refractivity contribution in [3.63, 3.8) is 0 Å². The Morgan fingerprint density at radius 3 is 1.82 bits per heavy atom. The first-order chi connectivity index (χ1) is 7.44. The second-order valence-corrected chi connectivity index (χ2v) is 3.26. The van der Waals surface area contributed by atoms with Crippen LogP contribution < -0.4 is 0 Å². The predicted octanol–water partition coefficient (Wildman–Crippen LogP) is 1.45. The van der Waals surface area contributed by atoms with Crippen LogP contribution in [0.5, 0.6) is 0 Å². The van der Waals surface area contributed by atoms with E-state index in [2.05, 4.69) is 6.58 Å². The van der Waals surface area contributed by atoms with Gasteiger partial charge in [0.25, 0.3) is 0 Å². The first-order valence-electron chi connectivity index (χ1n) is 4.15. The van der Waals surface area contributed by atoms with Gasteiger partial charge in [-0.1, -0.05) is 6.58 Å². The molecule has 0 radical (unpaired) electrons. The molecule has 4 nitrogen and oxygen atoms in total. The number of aliphatic carboxylic acids is 1. The molecule has 0 aliphatic rings. The van der Waals surface area contributed by atoms with Gasteiger partial charge in [-0.3, -0.25) is 9.59 Å². The van der Waals surface area contributed by atoms with Gasteiger partial charge in [0.15, 0.2) is 5.78 Å². The summed E-state index contributed by atoms with van der Waals surface area (Å²) in [4.78, 5) is 31.5. The molecule has 17 heavy (non-hydrogen) atoms. The smallest absolute Gasteiger partial charge is 0.411 e. The largest absolute Gasteiger partial charge is 0.477 e. The third-order valence-corrected chi connectivity index (χ3v) is 1.81. The number of carboxylic acid groups (broad SMARTS) is 1. The molecule has 0 spiro atoms. The number of hydrogen-bond donors (Lipinski definition) is 1. The Balaban J connectivity index is 5.08. The summed E-state index contributed by atoms with van der Waals surface area (Å²) in [6.07, 6.45) is -1.52. The van der Waals surface area contributed by atoms with E-state index < -0.39 is 35.8 Å². The summed E-state index contributed by atoms with van der Waals surface area (Å²) in [5.74, 6) is -17.8. The van der Waals surface area contributed by atoms with E-state index in [-0.39, 0.29) is 5.57 Å². The molecular formula is C9H8F4O4. The highest BCUT2D eigenvalue weighted by atomic mass is 19.3. The fourth-order valence-electron chi connectivity index (χ4n) is 0.717. The first kappa shape index (κ1) is 15.3. The van der Waals surface area contributed by atoms with Crippen LogP contribution in [-0.2, 0) is 14.4 Å². The average molecular weight is 256 g/mol. The summed E-state index contributed by atoms with van der Waals surface area (Å²) in [5, 5.41) is 7.88. The van der Waals surface area contributed by atoms with Crippen LogP contribution in [0.15, 0.2) is 12.2 Å². The molecule has 0 saturated heterocycles. The molecule has 0 amide bonds. The van der Waals surface area contributed by atoms with E-state index in [1.807, 2.05) is 0 Å². The first-order valence-corrected chi connectivity index (χ1v) is 4.15. The van der Waals surface area contributed by atoms with Gasteiger partial charge in [-0.15, -0.1) is 0 Å². The number of Topliss-reactive ketones (excluding diaryl/α,β-unsaturated/α-hetero) is 2. The monoisotopic (exact) mass is 256 g/mol. The van der Waals surface area contributed by atoms with E-state index in [0.29, 0.717) is 0 Å².